The molecular formula is C31H36N4O3. The monoisotopic (exact) mass is 512 g/mol. The lowest BCUT2D eigenvalue weighted by atomic mass is 9.87. The fourth-order valence-corrected chi connectivity index (χ4v) is 5.94. The lowest BCUT2D eigenvalue weighted by Crippen LogP contribution is -2.67. The topological polar surface area (TPSA) is 91.4 Å². The van der Waals surface area contributed by atoms with Crippen LogP contribution in [-0.2, 0) is 27.2 Å². The van der Waals surface area contributed by atoms with Gasteiger partial charge in [-0.25, -0.2) is 0 Å². The van der Waals surface area contributed by atoms with E-state index in [0.717, 1.165) is 23.7 Å². The van der Waals surface area contributed by atoms with Gasteiger partial charge >= 0.3 is 0 Å². The van der Waals surface area contributed by atoms with Crippen molar-refractivity contribution in [3.05, 3.63) is 77.5 Å². The number of benzene rings is 2. The molecule has 7 nitrogen and oxygen atoms in total. The number of carbonyl (C=O) groups is 3. The van der Waals surface area contributed by atoms with Crippen LogP contribution in [0.4, 0.5) is 0 Å². The molecule has 2 aliphatic rings. The summed E-state index contributed by atoms with van der Waals surface area (Å²) in [5.41, 5.74) is 3.91. The van der Waals surface area contributed by atoms with Crippen LogP contribution in [0.3, 0.4) is 0 Å². The molecule has 0 saturated carbocycles. The highest BCUT2D eigenvalue weighted by Gasteiger charge is 2.49. The van der Waals surface area contributed by atoms with Gasteiger partial charge in [-0.3, -0.25) is 19.4 Å². The van der Waals surface area contributed by atoms with Gasteiger partial charge in [0.05, 0.1) is 5.52 Å². The largest absolute Gasteiger partial charge is 0.352 e. The van der Waals surface area contributed by atoms with Crippen molar-refractivity contribution in [2.24, 2.45) is 11.8 Å². The first-order chi connectivity index (χ1) is 18.2. The van der Waals surface area contributed by atoms with Gasteiger partial charge < -0.3 is 15.5 Å². The van der Waals surface area contributed by atoms with Gasteiger partial charge in [0.1, 0.15) is 18.1 Å². The minimum Gasteiger partial charge on any atom is -0.352 e. The highest BCUT2D eigenvalue weighted by molar-refractivity contribution is 6.00. The number of aromatic nitrogens is 1. The molecule has 1 aliphatic heterocycles. The van der Waals surface area contributed by atoms with Crippen molar-refractivity contribution in [3.8, 4) is 0 Å². The van der Waals surface area contributed by atoms with E-state index in [0.29, 0.717) is 12.0 Å². The van der Waals surface area contributed by atoms with E-state index in [1.807, 2.05) is 70.2 Å². The Morgan fingerprint density at radius 1 is 1.03 bits per heavy atom. The second-order valence-electron chi connectivity index (χ2n) is 11.3. The van der Waals surface area contributed by atoms with E-state index in [1.54, 1.807) is 11.1 Å². The summed E-state index contributed by atoms with van der Waals surface area (Å²) in [5, 5.41) is 6.97. The molecule has 5 rings (SSSR count). The van der Waals surface area contributed by atoms with Crippen LogP contribution in [0.1, 0.15) is 56.8 Å². The molecule has 198 valence electrons. The lowest BCUT2D eigenvalue weighted by Gasteiger charge is -2.45. The van der Waals surface area contributed by atoms with Crippen molar-refractivity contribution in [2.45, 2.75) is 71.1 Å². The Labute approximate surface area is 224 Å². The molecular weight excluding hydrogens is 476 g/mol. The van der Waals surface area contributed by atoms with E-state index in [2.05, 4.69) is 27.8 Å². The van der Waals surface area contributed by atoms with Crippen LogP contribution < -0.4 is 10.6 Å². The molecule has 38 heavy (non-hydrogen) atoms. The number of pyridine rings is 1. The predicted octanol–water partition coefficient (Wildman–Crippen LogP) is 3.96. The summed E-state index contributed by atoms with van der Waals surface area (Å²) in [6, 6.07) is 15.1. The molecule has 0 radical (unpaired) electrons. The Balaban J connectivity index is 1.58. The third kappa shape index (κ3) is 5.02. The van der Waals surface area contributed by atoms with Crippen molar-refractivity contribution < 1.29 is 14.4 Å². The minimum absolute atomic E-state index is 0.0547. The molecule has 2 N–H and O–H groups in total. The molecule has 1 aromatic heterocycles. The Bertz CT molecular complexity index is 1340. The molecule has 3 atom stereocenters. The highest BCUT2D eigenvalue weighted by atomic mass is 16.2. The van der Waals surface area contributed by atoms with E-state index < -0.39 is 18.1 Å². The molecule has 7 heteroatoms. The normalized spacial score (nSPS) is 20.6. The fourth-order valence-electron chi connectivity index (χ4n) is 5.94. The van der Waals surface area contributed by atoms with Crippen molar-refractivity contribution in [1.82, 2.24) is 20.5 Å². The van der Waals surface area contributed by atoms with Crippen molar-refractivity contribution in [2.75, 3.05) is 0 Å². The average Bonchev–Trinajstić information content (AvgIpc) is 3.31. The third-order valence-corrected chi connectivity index (χ3v) is 7.61. The number of nitrogens with zero attached hydrogens (tertiary/aromatic N) is 2. The number of rotatable bonds is 7. The predicted molar refractivity (Wildman–Crippen MR) is 147 cm³/mol. The first kappa shape index (κ1) is 25.9. The van der Waals surface area contributed by atoms with Gasteiger partial charge in [0.2, 0.25) is 17.7 Å². The van der Waals surface area contributed by atoms with Crippen molar-refractivity contribution in [1.29, 1.82) is 0 Å². The summed E-state index contributed by atoms with van der Waals surface area (Å²) in [5.74, 6) is -0.565. The number of fused-ring (bicyclic) bond motifs is 2. The summed E-state index contributed by atoms with van der Waals surface area (Å²) in [6.45, 7) is 7.85. The third-order valence-electron chi connectivity index (χ3n) is 7.61. The molecule has 1 fully saturated rings. The molecule has 2 heterocycles. The lowest BCUT2D eigenvalue weighted by molar-refractivity contribution is -0.158. The number of carbonyl (C=O) groups excluding carboxylic acids is 3. The van der Waals surface area contributed by atoms with Crippen molar-refractivity contribution >= 4 is 28.6 Å². The number of nitrogens with one attached hydrogen (secondary N) is 2. The Kier molecular flexibility index (Phi) is 7.19. The Morgan fingerprint density at radius 3 is 2.39 bits per heavy atom. The van der Waals surface area contributed by atoms with Crippen molar-refractivity contribution in [3.63, 3.8) is 0 Å². The SMILES string of the molecule is CC(C)C[C@H]1C(=O)N[C@@H](C2Cc3ccccc3C2)C(=O)N1C(C(=O)NC(C)C)c1ccc2ncccc2c1. The van der Waals surface area contributed by atoms with Crippen LogP contribution in [0, 0.1) is 11.8 Å². The first-order valence-electron chi connectivity index (χ1n) is 13.6. The number of amides is 3. The molecule has 1 unspecified atom stereocenters. The van der Waals surface area contributed by atoms with Crippen LogP contribution >= 0.6 is 0 Å². The summed E-state index contributed by atoms with van der Waals surface area (Å²) >= 11 is 0. The van der Waals surface area contributed by atoms with Crippen LogP contribution in [0.5, 0.6) is 0 Å². The Morgan fingerprint density at radius 2 is 1.74 bits per heavy atom. The van der Waals surface area contributed by atoms with Gasteiger partial charge in [0.25, 0.3) is 0 Å². The fraction of sp³-hybridized carbons (Fsp3) is 0.419. The number of hydrogen-bond donors (Lipinski definition) is 2. The second-order valence-corrected chi connectivity index (χ2v) is 11.3. The maximum Gasteiger partial charge on any atom is 0.247 e. The Hall–Kier alpha value is -3.74. The zero-order valence-corrected chi connectivity index (χ0v) is 22.5. The van der Waals surface area contributed by atoms with Gasteiger partial charge in [0.15, 0.2) is 0 Å². The molecule has 2 aromatic carbocycles. The quantitative estimate of drug-likeness (QED) is 0.501. The van der Waals surface area contributed by atoms with E-state index in [-0.39, 0.29) is 35.6 Å². The standard InChI is InChI=1S/C31H36N4O3/c1-18(2)14-26-29(36)34-27(24-15-20-8-5-6-9-21(20)16-24)31(38)35(26)28(30(37)33-19(3)4)23-11-12-25-22(17-23)10-7-13-32-25/h5-13,17-19,24,26-28H,14-16H2,1-4H3,(H,33,37)(H,34,36)/t26-,27-,28?/m0/s1. The molecule has 0 bridgehead atoms. The number of piperazine rings is 1. The number of hydrogen-bond acceptors (Lipinski definition) is 4. The maximum absolute atomic E-state index is 14.4. The molecule has 1 aliphatic carbocycles. The van der Waals surface area contributed by atoms with E-state index in [9.17, 15) is 14.4 Å². The average molecular weight is 513 g/mol. The molecule has 3 aromatic rings. The van der Waals surface area contributed by atoms with Gasteiger partial charge in [-0.05, 0) is 79.8 Å². The smallest absolute Gasteiger partial charge is 0.247 e. The van der Waals surface area contributed by atoms with Gasteiger partial charge in [0, 0.05) is 17.6 Å². The van der Waals surface area contributed by atoms with E-state index in [1.165, 1.54) is 11.1 Å². The van der Waals surface area contributed by atoms with Crippen LogP contribution in [0.2, 0.25) is 0 Å². The zero-order chi connectivity index (χ0) is 27.0. The highest BCUT2D eigenvalue weighted by Crippen LogP contribution is 2.36. The van der Waals surface area contributed by atoms with E-state index in [4.69, 9.17) is 0 Å². The summed E-state index contributed by atoms with van der Waals surface area (Å²) < 4.78 is 0. The van der Waals surface area contributed by atoms with Crippen LogP contribution in [0.15, 0.2) is 60.8 Å². The zero-order valence-electron chi connectivity index (χ0n) is 22.5. The summed E-state index contributed by atoms with van der Waals surface area (Å²) in [6.07, 6.45) is 3.64. The molecule has 1 saturated heterocycles. The maximum atomic E-state index is 14.4. The van der Waals surface area contributed by atoms with Crippen LogP contribution in [-0.4, -0.2) is 45.7 Å². The molecule has 3 amide bonds. The molecule has 0 spiro atoms. The second kappa shape index (κ2) is 10.6. The van der Waals surface area contributed by atoms with Crippen LogP contribution in [0.25, 0.3) is 10.9 Å². The van der Waals surface area contributed by atoms with Gasteiger partial charge in [-0.1, -0.05) is 50.2 Å². The first-order valence-corrected chi connectivity index (χ1v) is 13.6. The summed E-state index contributed by atoms with van der Waals surface area (Å²) in [7, 11) is 0. The van der Waals surface area contributed by atoms with Gasteiger partial charge in [-0.2, -0.15) is 0 Å². The van der Waals surface area contributed by atoms with Gasteiger partial charge in [-0.15, -0.1) is 0 Å². The summed E-state index contributed by atoms with van der Waals surface area (Å²) in [4.78, 5) is 47.9. The van der Waals surface area contributed by atoms with E-state index >= 15 is 0 Å². The minimum atomic E-state index is -0.935.